The number of thiol groups is 2. The van der Waals surface area contributed by atoms with Crippen LogP contribution in [0.1, 0.15) is 19.3 Å². The van der Waals surface area contributed by atoms with Gasteiger partial charge in [0.1, 0.15) is 0 Å². The van der Waals surface area contributed by atoms with Gasteiger partial charge in [-0.3, -0.25) is 4.90 Å². The van der Waals surface area contributed by atoms with Crippen molar-refractivity contribution in [2.45, 2.75) is 24.0 Å². The number of hydrogen-bond donors (Lipinski definition) is 2. The van der Waals surface area contributed by atoms with Gasteiger partial charge >= 0.3 is 0 Å². The Kier molecular flexibility index (Phi) is 3.22. The first-order valence-corrected chi connectivity index (χ1v) is 4.44. The second-order valence-electron chi connectivity index (χ2n) is 2.44. The standard InChI is InChI=1S/C6H13NS2/c8-6(9)7-4-2-1-3-5-7/h6,8-9H,1-5H2. The molecule has 1 fully saturated rings. The summed E-state index contributed by atoms with van der Waals surface area (Å²) >= 11 is 8.46. The van der Waals surface area contributed by atoms with E-state index in [4.69, 9.17) is 0 Å². The molecule has 0 saturated carbocycles. The van der Waals surface area contributed by atoms with E-state index in [1.807, 2.05) is 0 Å². The van der Waals surface area contributed by atoms with Crippen molar-refractivity contribution in [2.75, 3.05) is 13.1 Å². The Balaban J connectivity index is 2.23. The van der Waals surface area contributed by atoms with Gasteiger partial charge in [0.15, 0.2) is 0 Å². The topological polar surface area (TPSA) is 3.24 Å². The van der Waals surface area contributed by atoms with E-state index in [-0.39, 0.29) is 4.71 Å². The first-order valence-electron chi connectivity index (χ1n) is 3.41. The molecule has 0 aromatic rings. The van der Waals surface area contributed by atoms with E-state index in [1.54, 1.807) is 0 Å². The maximum Gasteiger partial charge on any atom is 0.0969 e. The molecule has 0 aromatic heterocycles. The van der Waals surface area contributed by atoms with Gasteiger partial charge in [-0.15, -0.1) is 25.3 Å². The smallest absolute Gasteiger partial charge is 0.0969 e. The van der Waals surface area contributed by atoms with Crippen LogP contribution in [0.3, 0.4) is 0 Å². The summed E-state index contributed by atoms with van der Waals surface area (Å²) in [5.74, 6) is 0. The Bertz CT molecular complexity index is 79.1. The van der Waals surface area contributed by atoms with Crippen molar-refractivity contribution in [2.24, 2.45) is 0 Å². The molecule has 0 N–H and O–H groups in total. The first-order chi connectivity index (χ1) is 4.30. The number of nitrogens with zero attached hydrogens (tertiary/aromatic N) is 1. The maximum atomic E-state index is 4.23. The van der Waals surface area contributed by atoms with Gasteiger partial charge in [0.25, 0.3) is 0 Å². The van der Waals surface area contributed by atoms with E-state index in [9.17, 15) is 0 Å². The monoisotopic (exact) mass is 163 g/mol. The summed E-state index contributed by atoms with van der Waals surface area (Å²) in [5, 5.41) is 0. The molecule has 1 aliphatic rings. The van der Waals surface area contributed by atoms with Crippen LogP contribution in [0.4, 0.5) is 0 Å². The molecule has 3 heteroatoms. The van der Waals surface area contributed by atoms with Crippen LogP contribution in [-0.2, 0) is 0 Å². The molecule has 0 amide bonds. The lowest BCUT2D eigenvalue weighted by atomic mass is 10.1. The molecular weight excluding hydrogens is 150 g/mol. The number of piperidine rings is 1. The molecule has 54 valence electrons. The Labute approximate surface area is 67.6 Å². The molecule has 0 aromatic carbocycles. The highest BCUT2D eigenvalue weighted by Gasteiger charge is 2.12. The molecule has 1 nitrogen and oxygen atoms in total. The minimum atomic E-state index is 0.158. The normalized spacial score (nSPS) is 23.0. The van der Waals surface area contributed by atoms with E-state index in [0.29, 0.717) is 0 Å². The number of likely N-dealkylation sites (tertiary alicyclic amines) is 1. The van der Waals surface area contributed by atoms with E-state index < -0.39 is 0 Å². The van der Waals surface area contributed by atoms with Gasteiger partial charge in [-0.2, -0.15) is 0 Å². The molecule has 9 heavy (non-hydrogen) atoms. The Hall–Kier alpha value is 0.660. The van der Waals surface area contributed by atoms with Crippen LogP contribution in [0.2, 0.25) is 0 Å². The summed E-state index contributed by atoms with van der Waals surface area (Å²) in [4.78, 5) is 2.29. The third-order valence-corrected chi connectivity index (χ3v) is 2.37. The predicted molar refractivity (Wildman–Crippen MR) is 47.2 cm³/mol. The summed E-state index contributed by atoms with van der Waals surface area (Å²) in [5.41, 5.74) is 0. The lowest BCUT2D eigenvalue weighted by Crippen LogP contribution is -2.32. The van der Waals surface area contributed by atoms with E-state index >= 15 is 0 Å². The zero-order valence-electron chi connectivity index (χ0n) is 5.45. The Morgan fingerprint density at radius 3 is 1.89 bits per heavy atom. The lowest BCUT2D eigenvalue weighted by Gasteiger charge is -2.28. The van der Waals surface area contributed by atoms with Crippen molar-refractivity contribution in [3.8, 4) is 0 Å². The van der Waals surface area contributed by atoms with E-state index in [1.165, 1.54) is 32.4 Å². The molecule has 0 aliphatic carbocycles. The van der Waals surface area contributed by atoms with Crippen LogP contribution < -0.4 is 0 Å². The average molecular weight is 163 g/mol. The Morgan fingerprint density at radius 2 is 1.56 bits per heavy atom. The molecule has 0 spiro atoms. The SMILES string of the molecule is SC(S)N1CCCCC1. The van der Waals surface area contributed by atoms with E-state index in [2.05, 4.69) is 30.2 Å². The third kappa shape index (κ3) is 2.40. The fraction of sp³-hybridized carbons (Fsp3) is 1.00. The van der Waals surface area contributed by atoms with Gasteiger partial charge < -0.3 is 0 Å². The lowest BCUT2D eigenvalue weighted by molar-refractivity contribution is 0.254. The van der Waals surface area contributed by atoms with Crippen LogP contribution in [0.25, 0.3) is 0 Å². The highest BCUT2D eigenvalue weighted by Crippen LogP contribution is 2.15. The van der Waals surface area contributed by atoms with Crippen molar-refractivity contribution in [1.29, 1.82) is 0 Å². The third-order valence-electron chi connectivity index (χ3n) is 1.72. The summed E-state index contributed by atoms with van der Waals surface area (Å²) in [6.07, 6.45) is 4.01. The van der Waals surface area contributed by atoms with E-state index in [0.717, 1.165) is 0 Å². The molecule has 0 bridgehead atoms. The van der Waals surface area contributed by atoms with Crippen molar-refractivity contribution in [3.63, 3.8) is 0 Å². The fourth-order valence-corrected chi connectivity index (χ4v) is 1.61. The van der Waals surface area contributed by atoms with Gasteiger partial charge in [-0.1, -0.05) is 6.42 Å². The summed E-state index contributed by atoms with van der Waals surface area (Å²) in [6, 6.07) is 0. The zero-order valence-corrected chi connectivity index (χ0v) is 7.24. The van der Waals surface area contributed by atoms with Gasteiger partial charge in [-0.05, 0) is 25.9 Å². The molecule has 0 radical (unpaired) electrons. The van der Waals surface area contributed by atoms with Crippen molar-refractivity contribution < 1.29 is 0 Å². The zero-order chi connectivity index (χ0) is 6.69. The van der Waals surface area contributed by atoms with Crippen LogP contribution in [0.15, 0.2) is 0 Å². The Morgan fingerprint density at radius 1 is 1.00 bits per heavy atom. The molecule has 1 saturated heterocycles. The maximum absolute atomic E-state index is 4.23. The summed E-state index contributed by atoms with van der Waals surface area (Å²) < 4.78 is 0.158. The minimum Gasteiger partial charge on any atom is -0.284 e. The average Bonchev–Trinajstić information content (AvgIpc) is 1.90. The second-order valence-corrected chi connectivity index (χ2v) is 3.83. The fourth-order valence-electron chi connectivity index (χ4n) is 1.15. The van der Waals surface area contributed by atoms with Gasteiger partial charge in [-0.25, -0.2) is 0 Å². The van der Waals surface area contributed by atoms with Gasteiger partial charge in [0.2, 0.25) is 0 Å². The highest BCUT2D eigenvalue weighted by atomic mass is 32.2. The first kappa shape index (κ1) is 7.76. The summed E-state index contributed by atoms with van der Waals surface area (Å²) in [6.45, 7) is 2.36. The molecule has 1 heterocycles. The number of hydrogen-bond acceptors (Lipinski definition) is 3. The minimum absolute atomic E-state index is 0.158. The van der Waals surface area contributed by atoms with Crippen molar-refractivity contribution in [1.82, 2.24) is 4.90 Å². The molecule has 0 atom stereocenters. The van der Waals surface area contributed by atoms with Crippen molar-refractivity contribution >= 4 is 25.3 Å². The van der Waals surface area contributed by atoms with Crippen LogP contribution in [0, 0.1) is 0 Å². The predicted octanol–water partition coefficient (Wildman–Crippen LogP) is 1.62. The van der Waals surface area contributed by atoms with Crippen LogP contribution in [-0.4, -0.2) is 22.7 Å². The second kappa shape index (κ2) is 3.74. The van der Waals surface area contributed by atoms with Gasteiger partial charge in [0.05, 0.1) is 4.71 Å². The summed E-state index contributed by atoms with van der Waals surface area (Å²) in [7, 11) is 0. The van der Waals surface area contributed by atoms with Gasteiger partial charge in [0, 0.05) is 0 Å². The number of rotatable bonds is 1. The molecule has 1 rings (SSSR count). The van der Waals surface area contributed by atoms with Crippen LogP contribution in [0.5, 0.6) is 0 Å². The highest BCUT2D eigenvalue weighted by molar-refractivity contribution is 7.99. The van der Waals surface area contributed by atoms with Crippen molar-refractivity contribution in [3.05, 3.63) is 0 Å². The van der Waals surface area contributed by atoms with Crippen LogP contribution >= 0.6 is 25.3 Å². The quantitative estimate of drug-likeness (QED) is 0.439. The largest absolute Gasteiger partial charge is 0.284 e. The molecule has 1 aliphatic heterocycles. The molecular formula is C6H13NS2. The molecule has 0 unspecified atom stereocenters.